The fraction of sp³-hybridized carbons (Fsp3) is 0.833. The monoisotopic (exact) mass is 397 g/mol. The van der Waals surface area contributed by atoms with Gasteiger partial charge in [-0.3, -0.25) is 0 Å². The van der Waals surface area contributed by atoms with Crippen LogP contribution in [0, 0.1) is 0 Å². The first-order chi connectivity index (χ1) is 11.3. The maximum Gasteiger partial charge on any atom is 3.00 e. The normalized spacial score (nSPS) is 8.76. The zero-order valence-electron chi connectivity index (χ0n) is 15.8. The second-order valence-corrected chi connectivity index (χ2v) is 5.49. The number of carboxylic acid groups (broad SMARTS) is 3. The molecule has 0 saturated carbocycles. The third-order valence-electron chi connectivity index (χ3n) is 2.95. The van der Waals surface area contributed by atoms with Gasteiger partial charge in [0.05, 0.1) is 0 Å². The van der Waals surface area contributed by atoms with Gasteiger partial charge in [0.25, 0.3) is 0 Å². The van der Waals surface area contributed by atoms with Gasteiger partial charge in [-0.05, 0) is 38.5 Å². The first kappa shape index (κ1) is 31.7. The van der Waals surface area contributed by atoms with Crippen LogP contribution in [0.4, 0.5) is 0 Å². The van der Waals surface area contributed by atoms with Gasteiger partial charge in [-0.15, -0.1) is 0 Å². The van der Waals surface area contributed by atoms with Crippen LogP contribution in [0.2, 0.25) is 0 Å². The molecule has 0 aromatic carbocycles. The van der Waals surface area contributed by atoms with Crippen molar-refractivity contribution in [1.82, 2.24) is 0 Å². The van der Waals surface area contributed by atoms with Gasteiger partial charge in [0.1, 0.15) is 0 Å². The molecule has 0 spiro atoms. The Morgan fingerprint density at radius 1 is 0.520 bits per heavy atom. The number of carbonyl (C=O) groups excluding carboxylic acids is 3. The molecule has 0 aliphatic heterocycles. The molecule has 0 N–H and O–H groups in total. The van der Waals surface area contributed by atoms with E-state index in [2.05, 4.69) is 0 Å². The largest absolute Gasteiger partial charge is 3.00 e. The molecule has 6 nitrogen and oxygen atoms in total. The molecule has 0 aromatic rings. The smallest absolute Gasteiger partial charge is 0.550 e. The summed E-state index contributed by atoms with van der Waals surface area (Å²) in [6.45, 7) is 6.11. The number of carbonyl (C=O) groups is 3. The Morgan fingerprint density at radius 3 is 0.840 bits per heavy atom. The van der Waals surface area contributed by atoms with E-state index in [0.717, 1.165) is 57.8 Å². The molecule has 0 atom stereocenters. The molecule has 0 aliphatic rings. The zero-order valence-corrected chi connectivity index (χ0v) is 17.1. The number of unbranched alkanes of at least 4 members (excludes halogenated alkanes) is 6. The van der Waals surface area contributed by atoms with Gasteiger partial charge in [-0.1, -0.05) is 59.3 Å². The van der Waals surface area contributed by atoms with Crippen molar-refractivity contribution in [2.45, 2.75) is 97.8 Å². The van der Waals surface area contributed by atoms with Crippen LogP contribution in [0.3, 0.4) is 0 Å². The zero-order chi connectivity index (χ0) is 19.2. The SMILES string of the molecule is CCCCCC(=O)[O-].CCCCCC(=O)[O-].CCCCCC(=O)[O-].[Cr+3]. The van der Waals surface area contributed by atoms with Crippen molar-refractivity contribution in [2.75, 3.05) is 0 Å². The molecule has 0 unspecified atom stereocenters. The van der Waals surface area contributed by atoms with Crippen LogP contribution in [-0.2, 0) is 31.7 Å². The minimum Gasteiger partial charge on any atom is -0.550 e. The van der Waals surface area contributed by atoms with Crippen molar-refractivity contribution >= 4 is 17.9 Å². The van der Waals surface area contributed by atoms with Gasteiger partial charge >= 0.3 is 17.4 Å². The van der Waals surface area contributed by atoms with Crippen LogP contribution in [0.1, 0.15) is 97.8 Å². The standard InChI is InChI=1S/3C6H12O2.Cr/c3*1-2-3-4-5-6(7)8;/h3*2-5H2,1H3,(H,7,8);/q;;;+3/p-3. The molecule has 147 valence electrons. The third kappa shape index (κ3) is 51.8. The van der Waals surface area contributed by atoms with E-state index in [0.29, 0.717) is 0 Å². The Kier molecular flexibility index (Phi) is 35.2. The quantitative estimate of drug-likeness (QED) is 0.452. The van der Waals surface area contributed by atoms with Crippen molar-refractivity contribution in [1.29, 1.82) is 0 Å². The Bertz CT molecular complexity index is 260. The summed E-state index contributed by atoms with van der Waals surface area (Å²) in [5, 5.41) is 29.3. The number of rotatable bonds is 12. The predicted octanol–water partition coefficient (Wildman–Crippen LogP) is 0.947. The maximum absolute atomic E-state index is 9.76. The van der Waals surface area contributed by atoms with Crippen LogP contribution < -0.4 is 15.3 Å². The molecule has 7 heteroatoms. The van der Waals surface area contributed by atoms with Crippen LogP contribution in [0.15, 0.2) is 0 Å². The molecule has 0 bridgehead atoms. The van der Waals surface area contributed by atoms with E-state index < -0.39 is 17.9 Å². The summed E-state index contributed by atoms with van der Waals surface area (Å²) in [6.07, 6.45) is 9.11. The van der Waals surface area contributed by atoms with Gasteiger partial charge in [-0.25, -0.2) is 0 Å². The molecule has 1 radical (unpaired) electrons. The number of hydrogen-bond acceptors (Lipinski definition) is 6. The molecule has 0 aliphatic carbocycles. The molecular weight excluding hydrogens is 364 g/mol. The second-order valence-electron chi connectivity index (χ2n) is 5.49. The average molecular weight is 397 g/mol. The molecule has 0 amide bonds. The van der Waals surface area contributed by atoms with Crippen LogP contribution >= 0.6 is 0 Å². The van der Waals surface area contributed by atoms with Gasteiger partial charge in [0.15, 0.2) is 0 Å². The van der Waals surface area contributed by atoms with Crippen molar-refractivity contribution in [2.24, 2.45) is 0 Å². The molecule has 0 fully saturated rings. The number of carboxylic acids is 3. The first-order valence-corrected chi connectivity index (χ1v) is 8.91. The summed E-state index contributed by atoms with van der Waals surface area (Å²) in [7, 11) is 0. The van der Waals surface area contributed by atoms with E-state index >= 15 is 0 Å². The maximum atomic E-state index is 9.76. The Morgan fingerprint density at radius 2 is 0.720 bits per heavy atom. The third-order valence-corrected chi connectivity index (χ3v) is 2.95. The number of aliphatic carboxylic acids is 3. The summed E-state index contributed by atoms with van der Waals surface area (Å²) >= 11 is 0. The summed E-state index contributed by atoms with van der Waals surface area (Å²) in [4.78, 5) is 29.3. The summed E-state index contributed by atoms with van der Waals surface area (Å²) in [5.41, 5.74) is 0. The van der Waals surface area contributed by atoms with Gasteiger partial charge in [0, 0.05) is 17.9 Å². The molecule has 0 aromatic heterocycles. The van der Waals surface area contributed by atoms with E-state index in [1.165, 1.54) is 0 Å². The van der Waals surface area contributed by atoms with Gasteiger partial charge in [0.2, 0.25) is 0 Å². The van der Waals surface area contributed by atoms with Crippen molar-refractivity contribution in [3.63, 3.8) is 0 Å². The summed E-state index contributed by atoms with van der Waals surface area (Å²) in [6, 6.07) is 0. The van der Waals surface area contributed by atoms with Crippen molar-refractivity contribution < 1.29 is 47.1 Å². The first-order valence-electron chi connectivity index (χ1n) is 8.91. The van der Waals surface area contributed by atoms with E-state index in [4.69, 9.17) is 0 Å². The Hall–Kier alpha value is -1.06. The molecule has 0 saturated heterocycles. The van der Waals surface area contributed by atoms with Gasteiger partial charge in [-0.2, -0.15) is 0 Å². The average Bonchev–Trinajstić information content (AvgIpc) is 2.48. The molecular formula is C18H33CrO6. The molecule has 25 heavy (non-hydrogen) atoms. The van der Waals surface area contributed by atoms with Crippen LogP contribution in [-0.4, -0.2) is 17.9 Å². The fourth-order valence-electron chi connectivity index (χ4n) is 1.56. The second kappa shape index (κ2) is 27.8. The number of hydrogen-bond donors (Lipinski definition) is 0. The fourth-order valence-corrected chi connectivity index (χ4v) is 1.56. The van der Waals surface area contributed by atoms with E-state index in [1.807, 2.05) is 20.8 Å². The van der Waals surface area contributed by atoms with Crippen LogP contribution in [0.25, 0.3) is 0 Å². The van der Waals surface area contributed by atoms with Crippen LogP contribution in [0.5, 0.6) is 0 Å². The molecule has 0 rings (SSSR count). The van der Waals surface area contributed by atoms with Crippen molar-refractivity contribution in [3.8, 4) is 0 Å². The Balaban J connectivity index is -0.000000130. The van der Waals surface area contributed by atoms with E-state index in [9.17, 15) is 29.7 Å². The summed E-state index contributed by atoms with van der Waals surface area (Å²) in [5.74, 6) is -2.80. The minimum absolute atomic E-state index is 0. The van der Waals surface area contributed by atoms with E-state index in [-0.39, 0.29) is 36.6 Å². The van der Waals surface area contributed by atoms with Gasteiger partial charge < -0.3 is 29.7 Å². The predicted molar refractivity (Wildman–Crippen MR) is 87.4 cm³/mol. The summed E-state index contributed by atoms with van der Waals surface area (Å²) < 4.78 is 0. The van der Waals surface area contributed by atoms with E-state index in [1.54, 1.807) is 0 Å². The topological polar surface area (TPSA) is 120 Å². The van der Waals surface area contributed by atoms with Crippen molar-refractivity contribution in [3.05, 3.63) is 0 Å². The molecule has 0 heterocycles. The minimum atomic E-state index is -0.932. The Labute approximate surface area is 163 Å².